The lowest BCUT2D eigenvalue weighted by molar-refractivity contribution is 0.0942. The molecule has 0 spiro atoms. The summed E-state index contributed by atoms with van der Waals surface area (Å²) in [6, 6.07) is 0. The molecule has 1 aliphatic heterocycles. The maximum Gasteiger partial charge on any atom is 0.271 e. The second-order valence-corrected chi connectivity index (χ2v) is 5.48. The minimum absolute atomic E-state index is 0.135. The molecule has 1 fully saturated rings. The Hall–Kier alpha value is -1.56. The Labute approximate surface area is 120 Å². The van der Waals surface area contributed by atoms with Crippen molar-refractivity contribution in [2.75, 3.05) is 31.9 Å². The van der Waals surface area contributed by atoms with Crippen LogP contribution in [0.25, 0.3) is 0 Å². The zero-order valence-corrected chi connectivity index (χ0v) is 12.5. The fourth-order valence-corrected chi connectivity index (χ4v) is 2.72. The van der Waals surface area contributed by atoms with Crippen LogP contribution in [0, 0.1) is 6.92 Å². The molecule has 3 N–H and O–H groups in total. The Balaban J connectivity index is 1.74. The van der Waals surface area contributed by atoms with E-state index >= 15 is 0 Å². The lowest BCUT2D eigenvalue weighted by atomic mass is 10.1. The molecule has 0 radical (unpaired) electrons. The molecule has 1 amide bonds. The van der Waals surface area contributed by atoms with Crippen LogP contribution in [-0.4, -0.2) is 46.8 Å². The van der Waals surface area contributed by atoms with Gasteiger partial charge in [-0.2, -0.15) is 5.10 Å². The molecule has 20 heavy (non-hydrogen) atoms. The lowest BCUT2D eigenvalue weighted by Crippen LogP contribution is -2.33. The zero-order chi connectivity index (χ0) is 14.5. The second-order valence-electron chi connectivity index (χ2n) is 5.48. The van der Waals surface area contributed by atoms with Gasteiger partial charge in [0.05, 0.1) is 11.4 Å². The van der Waals surface area contributed by atoms with E-state index in [2.05, 4.69) is 15.3 Å². The van der Waals surface area contributed by atoms with Crippen molar-refractivity contribution < 1.29 is 4.79 Å². The van der Waals surface area contributed by atoms with E-state index in [1.165, 1.54) is 32.4 Å². The summed E-state index contributed by atoms with van der Waals surface area (Å²) in [4.78, 5) is 14.6. The van der Waals surface area contributed by atoms with Gasteiger partial charge < -0.3 is 16.0 Å². The summed E-state index contributed by atoms with van der Waals surface area (Å²) in [6.07, 6.45) is 4.93. The molecule has 0 saturated carbocycles. The van der Waals surface area contributed by atoms with Crippen molar-refractivity contribution in [3.63, 3.8) is 0 Å². The Kier molecular flexibility index (Phi) is 5.00. The summed E-state index contributed by atoms with van der Waals surface area (Å²) >= 11 is 0. The average molecular weight is 279 g/mol. The molecule has 0 aromatic carbocycles. The minimum atomic E-state index is -0.135. The van der Waals surface area contributed by atoms with Gasteiger partial charge in [-0.15, -0.1) is 0 Å². The number of likely N-dealkylation sites (tertiary alicyclic amines) is 1. The minimum Gasteiger partial charge on any atom is -0.395 e. The molecule has 112 valence electrons. The molecule has 1 aromatic heterocycles. The largest absolute Gasteiger partial charge is 0.395 e. The van der Waals surface area contributed by atoms with Crippen LogP contribution in [0.1, 0.15) is 41.9 Å². The number of nitrogen functional groups attached to an aromatic ring is 1. The third-order valence-corrected chi connectivity index (χ3v) is 3.87. The summed E-state index contributed by atoms with van der Waals surface area (Å²) in [5.41, 5.74) is 7.51. The van der Waals surface area contributed by atoms with Crippen LogP contribution in [0.4, 0.5) is 5.69 Å². The highest BCUT2D eigenvalue weighted by Gasteiger charge is 2.17. The number of piperidine rings is 1. The van der Waals surface area contributed by atoms with Gasteiger partial charge in [0.25, 0.3) is 5.91 Å². The Bertz CT molecular complexity index is 462. The van der Waals surface area contributed by atoms with E-state index in [0.29, 0.717) is 23.6 Å². The number of hydrogen-bond donors (Lipinski definition) is 2. The molecule has 0 aliphatic carbocycles. The average Bonchev–Trinajstić information content (AvgIpc) is 2.69. The SMILES string of the molecule is Cc1nn(C)c(C(=O)NCCCN2CCCCC2)c1N. The topological polar surface area (TPSA) is 76.2 Å². The fraction of sp³-hybridized carbons (Fsp3) is 0.714. The van der Waals surface area contributed by atoms with Crippen LogP contribution in [0.2, 0.25) is 0 Å². The number of nitrogens with one attached hydrogen (secondary N) is 1. The molecule has 1 saturated heterocycles. The van der Waals surface area contributed by atoms with Gasteiger partial charge in [0.2, 0.25) is 0 Å². The van der Waals surface area contributed by atoms with E-state index < -0.39 is 0 Å². The number of carbonyl (C=O) groups excluding carboxylic acids is 1. The van der Waals surface area contributed by atoms with E-state index in [-0.39, 0.29) is 5.91 Å². The standard InChI is InChI=1S/C14H25N5O/c1-11-12(15)13(18(2)17-11)14(20)16-7-6-10-19-8-4-3-5-9-19/h3-10,15H2,1-2H3,(H,16,20). The van der Waals surface area contributed by atoms with Crippen molar-refractivity contribution >= 4 is 11.6 Å². The molecular formula is C14H25N5O. The molecule has 0 unspecified atom stereocenters. The van der Waals surface area contributed by atoms with Gasteiger partial charge in [-0.1, -0.05) is 6.42 Å². The van der Waals surface area contributed by atoms with Gasteiger partial charge in [0.1, 0.15) is 5.69 Å². The first kappa shape index (κ1) is 14.8. The number of anilines is 1. The highest BCUT2D eigenvalue weighted by atomic mass is 16.2. The van der Waals surface area contributed by atoms with Crippen molar-refractivity contribution in [3.05, 3.63) is 11.4 Å². The summed E-state index contributed by atoms with van der Waals surface area (Å²) in [6.45, 7) is 5.94. The predicted octanol–water partition coefficient (Wildman–Crippen LogP) is 0.917. The van der Waals surface area contributed by atoms with Gasteiger partial charge in [-0.05, 0) is 45.8 Å². The first-order valence-electron chi connectivity index (χ1n) is 7.39. The van der Waals surface area contributed by atoms with Gasteiger partial charge in [0.15, 0.2) is 0 Å². The highest BCUT2D eigenvalue weighted by Crippen LogP contribution is 2.14. The Morgan fingerprint density at radius 1 is 1.35 bits per heavy atom. The molecular weight excluding hydrogens is 254 g/mol. The molecule has 2 heterocycles. The van der Waals surface area contributed by atoms with Crippen LogP contribution in [0.15, 0.2) is 0 Å². The van der Waals surface area contributed by atoms with Crippen molar-refractivity contribution in [3.8, 4) is 0 Å². The molecule has 6 nitrogen and oxygen atoms in total. The van der Waals surface area contributed by atoms with E-state index in [0.717, 1.165) is 13.0 Å². The normalized spacial score (nSPS) is 16.3. The molecule has 0 bridgehead atoms. The summed E-state index contributed by atoms with van der Waals surface area (Å²) in [5.74, 6) is -0.135. The van der Waals surface area contributed by atoms with Crippen LogP contribution in [0.5, 0.6) is 0 Å². The number of amides is 1. The van der Waals surface area contributed by atoms with Crippen molar-refractivity contribution in [1.82, 2.24) is 20.0 Å². The van der Waals surface area contributed by atoms with Crippen LogP contribution in [-0.2, 0) is 7.05 Å². The van der Waals surface area contributed by atoms with Gasteiger partial charge in [-0.3, -0.25) is 9.48 Å². The second kappa shape index (κ2) is 6.74. The van der Waals surface area contributed by atoms with Gasteiger partial charge in [-0.25, -0.2) is 0 Å². The van der Waals surface area contributed by atoms with Gasteiger partial charge in [0, 0.05) is 13.6 Å². The summed E-state index contributed by atoms with van der Waals surface area (Å²) < 4.78 is 1.55. The van der Waals surface area contributed by atoms with Gasteiger partial charge >= 0.3 is 0 Å². The van der Waals surface area contributed by atoms with E-state index in [1.807, 2.05) is 6.92 Å². The number of hydrogen-bond acceptors (Lipinski definition) is 4. The molecule has 6 heteroatoms. The molecule has 1 aliphatic rings. The predicted molar refractivity (Wildman–Crippen MR) is 79.6 cm³/mol. The van der Waals surface area contributed by atoms with E-state index in [4.69, 9.17) is 5.73 Å². The van der Waals surface area contributed by atoms with Crippen LogP contribution < -0.4 is 11.1 Å². The third-order valence-electron chi connectivity index (χ3n) is 3.87. The highest BCUT2D eigenvalue weighted by molar-refractivity contribution is 5.97. The molecule has 2 rings (SSSR count). The maximum absolute atomic E-state index is 12.1. The third kappa shape index (κ3) is 3.50. The van der Waals surface area contributed by atoms with Crippen molar-refractivity contribution in [2.45, 2.75) is 32.6 Å². The van der Waals surface area contributed by atoms with E-state index in [1.54, 1.807) is 11.7 Å². The van der Waals surface area contributed by atoms with Crippen molar-refractivity contribution in [1.29, 1.82) is 0 Å². The van der Waals surface area contributed by atoms with Crippen LogP contribution >= 0.6 is 0 Å². The Morgan fingerprint density at radius 3 is 2.65 bits per heavy atom. The first-order chi connectivity index (χ1) is 9.59. The number of nitrogens with two attached hydrogens (primary N) is 1. The van der Waals surface area contributed by atoms with E-state index in [9.17, 15) is 4.79 Å². The number of rotatable bonds is 5. The summed E-state index contributed by atoms with van der Waals surface area (Å²) in [5, 5.41) is 7.08. The quantitative estimate of drug-likeness (QED) is 0.786. The Morgan fingerprint density at radius 2 is 2.05 bits per heavy atom. The zero-order valence-electron chi connectivity index (χ0n) is 12.5. The number of nitrogens with zero attached hydrogens (tertiary/aromatic N) is 3. The molecule has 1 aromatic rings. The first-order valence-corrected chi connectivity index (χ1v) is 7.39. The number of aromatic nitrogens is 2. The fourth-order valence-electron chi connectivity index (χ4n) is 2.72. The monoisotopic (exact) mass is 279 g/mol. The summed E-state index contributed by atoms with van der Waals surface area (Å²) in [7, 11) is 1.74. The smallest absolute Gasteiger partial charge is 0.271 e. The van der Waals surface area contributed by atoms with Crippen molar-refractivity contribution in [2.24, 2.45) is 7.05 Å². The van der Waals surface area contributed by atoms with Crippen LogP contribution in [0.3, 0.4) is 0 Å². The maximum atomic E-state index is 12.1. The number of carbonyl (C=O) groups is 1. The lowest BCUT2D eigenvalue weighted by Gasteiger charge is -2.26. The number of aryl methyl sites for hydroxylation is 2. The molecule has 0 atom stereocenters.